The van der Waals surface area contributed by atoms with Gasteiger partial charge in [-0.1, -0.05) is 0 Å². The SMILES string of the molecule is C[N+]1(C)C2CCC1CC(CC(c1ccsc1)c1ccsc1)C2. The van der Waals surface area contributed by atoms with Crippen LogP contribution in [0.5, 0.6) is 0 Å². The predicted octanol–water partition coefficient (Wildman–Crippen LogP) is 5.35. The highest BCUT2D eigenvalue weighted by Crippen LogP contribution is 2.46. The van der Waals surface area contributed by atoms with Crippen LogP contribution in [0.15, 0.2) is 33.7 Å². The molecule has 2 aromatic rings. The topological polar surface area (TPSA) is 0 Å². The van der Waals surface area contributed by atoms with Crippen LogP contribution in [0, 0.1) is 5.92 Å². The Labute approximate surface area is 142 Å². The summed E-state index contributed by atoms with van der Waals surface area (Å²) in [5, 5.41) is 9.19. The molecule has 0 aromatic carbocycles. The highest BCUT2D eigenvalue weighted by Gasteiger charge is 2.48. The number of nitrogens with zero attached hydrogens (tertiary/aromatic N) is 1. The van der Waals surface area contributed by atoms with Crippen molar-refractivity contribution in [2.24, 2.45) is 5.92 Å². The van der Waals surface area contributed by atoms with Gasteiger partial charge in [-0.2, -0.15) is 22.7 Å². The summed E-state index contributed by atoms with van der Waals surface area (Å²) in [6.45, 7) is 0. The van der Waals surface area contributed by atoms with Gasteiger partial charge in [-0.3, -0.25) is 0 Å². The highest BCUT2D eigenvalue weighted by molar-refractivity contribution is 7.08. The third kappa shape index (κ3) is 2.57. The first-order valence-electron chi connectivity index (χ1n) is 8.52. The van der Waals surface area contributed by atoms with Crippen LogP contribution in [-0.4, -0.2) is 30.7 Å². The van der Waals surface area contributed by atoms with E-state index >= 15 is 0 Å². The number of fused-ring (bicyclic) bond motifs is 2. The van der Waals surface area contributed by atoms with E-state index in [0.29, 0.717) is 5.92 Å². The molecule has 1 nitrogen and oxygen atoms in total. The van der Waals surface area contributed by atoms with E-state index in [0.717, 1.165) is 18.0 Å². The Morgan fingerprint density at radius 1 is 1.00 bits per heavy atom. The minimum Gasteiger partial charge on any atom is -0.324 e. The van der Waals surface area contributed by atoms with E-state index in [2.05, 4.69) is 47.7 Å². The lowest BCUT2D eigenvalue weighted by Crippen LogP contribution is -2.54. The molecule has 0 spiro atoms. The van der Waals surface area contributed by atoms with Crippen molar-refractivity contribution in [3.05, 3.63) is 44.8 Å². The zero-order valence-corrected chi connectivity index (χ0v) is 15.2. The van der Waals surface area contributed by atoms with Crippen LogP contribution in [0.25, 0.3) is 0 Å². The Morgan fingerprint density at radius 3 is 2.00 bits per heavy atom. The van der Waals surface area contributed by atoms with Crippen LogP contribution >= 0.6 is 22.7 Å². The monoisotopic (exact) mass is 332 g/mol. The van der Waals surface area contributed by atoms with Gasteiger partial charge in [-0.25, -0.2) is 0 Å². The maximum Gasteiger partial charge on any atom is 0.0893 e. The molecular formula is C19H26NS2+. The quantitative estimate of drug-likeness (QED) is 0.662. The van der Waals surface area contributed by atoms with Crippen molar-refractivity contribution in [2.75, 3.05) is 14.1 Å². The lowest BCUT2D eigenvalue weighted by molar-refractivity contribution is -0.931. The molecule has 4 rings (SSSR count). The number of quaternary nitrogens is 1. The maximum absolute atomic E-state index is 2.47. The number of piperidine rings is 1. The van der Waals surface area contributed by atoms with Crippen molar-refractivity contribution in [3.63, 3.8) is 0 Å². The Kier molecular flexibility index (Phi) is 3.91. The van der Waals surface area contributed by atoms with Gasteiger partial charge in [0.1, 0.15) is 0 Å². The molecule has 2 aliphatic heterocycles. The summed E-state index contributed by atoms with van der Waals surface area (Å²) in [6, 6.07) is 6.50. The Balaban J connectivity index is 1.54. The van der Waals surface area contributed by atoms with Crippen molar-refractivity contribution < 1.29 is 4.48 Å². The summed E-state index contributed by atoms with van der Waals surface area (Å²) in [4.78, 5) is 0. The van der Waals surface area contributed by atoms with E-state index < -0.39 is 0 Å². The molecule has 118 valence electrons. The molecule has 0 N–H and O–H groups in total. The minimum absolute atomic E-state index is 0.621. The van der Waals surface area contributed by atoms with Gasteiger partial charge < -0.3 is 4.48 Å². The van der Waals surface area contributed by atoms with Crippen LogP contribution in [0.3, 0.4) is 0 Å². The molecule has 22 heavy (non-hydrogen) atoms. The summed E-state index contributed by atoms with van der Waals surface area (Å²) in [7, 11) is 4.93. The standard InChI is InChI=1S/C19H26NS2/c1-20(2)17-3-4-18(20)10-14(9-17)11-19(15-5-7-21-12-15)16-6-8-22-13-16/h5-8,12-14,17-19H,3-4,9-11H2,1-2H3/q+1. The van der Waals surface area contributed by atoms with Gasteiger partial charge in [-0.05, 0) is 57.1 Å². The molecule has 0 saturated carbocycles. The first kappa shape index (κ1) is 14.9. The van der Waals surface area contributed by atoms with Gasteiger partial charge in [0, 0.05) is 31.6 Å². The number of rotatable bonds is 4. The van der Waals surface area contributed by atoms with Crippen LogP contribution in [0.2, 0.25) is 0 Å². The lowest BCUT2D eigenvalue weighted by atomic mass is 9.79. The molecule has 2 aliphatic rings. The van der Waals surface area contributed by atoms with E-state index in [1.54, 1.807) is 0 Å². The highest BCUT2D eigenvalue weighted by atomic mass is 32.1. The van der Waals surface area contributed by atoms with Crippen LogP contribution in [0.1, 0.15) is 49.1 Å². The van der Waals surface area contributed by atoms with Crippen molar-refractivity contribution in [3.8, 4) is 0 Å². The Morgan fingerprint density at radius 2 is 1.55 bits per heavy atom. The molecule has 0 amide bonds. The summed E-state index contributed by atoms with van der Waals surface area (Å²) >= 11 is 3.68. The summed E-state index contributed by atoms with van der Waals surface area (Å²) < 4.78 is 1.29. The minimum atomic E-state index is 0.621. The number of thiophene rings is 2. The molecule has 2 aromatic heterocycles. The van der Waals surface area contributed by atoms with E-state index in [1.165, 1.54) is 47.7 Å². The van der Waals surface area contributed by atoms with E-state index in [4.69, 9.17) is 0 Å². The maximum atomic E-state index is 2.47. The summed E-state index contributed by atoms with van der Waals surface area (Å²) in [6.07, 6.45) is 7.13. The van der Waals surface area contributed by atoms with Gasteiger partial charge >= 0.3 is 0 Å². The fraction of sp³-hybridized carbons (Fsp3) is 0.579. The molecule has 0 aliphatic carbocycles. The number of hydrogen-bond acceptors (Lipinski definition) is 2. The smallest absolute Gasteiger partial charge is 0.0893 e. The molecule has 4 heterocycles. The molecule has 0 radical (unpaired) electrons. The van der Waals surface area contributed by atoms with Crippen LogP contribution in [0.4, 0.5) is 0 Å². The molecule has 2 atom stereocenters. The molecule has 2 bridgehead atoms. The fourth-order valence-electron chi connectivity index (χ4n) is 4.93. The molecule has 3 heteroatoms. The molecular weight excluding hydrogens is 306 g/mol. The Bertz CT molecular complexity index is 549. The second kappa shape index (κ2) is 5.77. The van der Waals surface area contributed by atoms with Crippen molar-refractivity contribution in [1.82, 2.24) is 0 Å². The van der Waals surface area contributed by atoms with Gasteiger partial charge in [0.05, 0.1) is 26.2 Å². The molecule has 2 fully saturated rings. The first-order chi connectivity index (χ1) is 10.6. The van der Waals surface area contributed by atoms with Crippen molar-refractivity contribution in [1.29, 1.82) is 0 Å². The first-order valence-corrected chi connectivity index (χ1v) is 10.4. The molecule has 2 unspecified atom stereocenters. The average Bonchev–Trinajstić information content (AvgIpc) is 3.19. The van der Waals surface area contributed by atoms with E-state index in [1.807, 2.05) is 22.7 Å². The summed E-state index contributed by atoms with van der Waals surface area (Å²) in [5.41, 5.74) is 3.07. The predicted molar refractivity (Wildman–Crippen MR) is 96.7 cm³/mol. The fourth-order valence-corrected chi connectivity index (χ4v) is 6.36. The average molecular weight is 333 g/mol. The second-order valence-corrected chi connectivity index (χ2v) is 9.31. The van der Waals surface area contributed by atoms with Gasteiger partial charge in [0.2, 0.25) is 0 Å². The van der Waals surface area contributed by atoms with Gasteiger partial charge in [0.25, 0.3) is 0 Å². The zero-order valence-electron chi connectivity index (χ0n) is 13.6. The van der Waals surface area contributed by atoms with Gasteiger partial charge in [-0.15, -0.1) is 0 Å². The van der Waals surface area contributed by atoms with Gasteiger partial charge in [0.15, 0.2) is 0 Å². The van der Waals surface area contributed by atoms with E-state index in [9.17, 15) is 0 Å². The normalized spacial score (nSPS) is 30.0. The largest absolute Gasteiger partial charge is 0.324 e. The second-order valence-electron chi connectivity index (χ2n) is 7.75. The van der Waals surface area contributed by atoms with Crippen LogP contribution in [-0.2, 0) is 0 Å². The number of hydrogen-bond donors (Lipinski definition) is 0. The lowest BCUT2D eigenvalue weighted by Gasteiger charge is -2.45. The van der Waals surface area contributed by atoms with E-state index in [-0.39, 0.29) is 0 Å². The van der Waals surface area contributed by atoms with Crippen molar-refractivity contribution in [2.45, 2.75) is 50.1 Å². The third-order valence-corrected chi connectivity index (χ3v) is 7.79. The summed E-state index contributed by atoms with van der Waals surface area (Å²) in [5.74, 6) is 1.53. The third-order valence-electron chi connectivity index (χ3n) is 6.39. The van der Waals surface area contributed by atoms with Crippen molar-refractivity contribution >= 4 is 22.7 Å². The zero-order chi connectivity index (χ0) is 15.2. The molecule has 2 saturated heterocycles. The Hall–Kier alpha value is -0.640. The van der Waals surface area contributed by atoms with Crippen LogP contribution < -0.4 is 0 Å².